The second-order valence-electron chi connectivity index (χ2n) is 9.73. The second kappa shape index (κ2) is 12.9. The summed E-state index contributed by atoms with van der Waals surface area (Å²) < 4.78 is 64.9. The predicted octanol–water partition coefficient (Wildman–Crippen LogP) is 6.35. The van der Waals surface area contributed by atoms with E-state index in [0.29, 0.717) is 41.8 Å². The van der Waals surface area contributed by atoms with E-state index in [0.717, 1.165) is 12.1 Å². The van der Waals surface area contributed by atoms with Gasteiger partial charge in [-0.2, -0.15) is 17.6 Å². The number of rotatable bonds is 8. The Balaban J connectivity index is 1.35. The van der Waals surface area contributed by atoms with Crippen molar-refractivity contribution in [3.63, 3.8) is 0 Å². The highest BCUT2D eigenvalue weighted by atomic mass is 19.4. The Labute approximate surface area is 239 Å². The van der Waals surface area contributed by atoms with E-state index in [9.17, 15) is 27.6 Å². The topological polar surface area (TPSA) is 97.0 Å². The zero-order chi connectivity index (χ0) is 30.4. The molecule has 1 heterocycles. The number of esters is 1. The summed E-state index contributed by atoms with van der Waals surface area (Å²) in [5.41, 5.74) is 0.495. The number of benzene rings is 3. The first kappa shape index (κ1) is 30.4. The van der Waals surface area contributed by atoms with Crippen LogP contribution in [0.5, 0.6) is 5.75 Å². The van der Waals surface area contributed by atoms with E-state index in [-0.39, 0.29) is 23.8 Å². The lowest BCUT2D eigenvalue weighted by Gasteiger charge is -2.27. The fourth-order valence-corrected chi connectivity index (χ4v) is 4.74. The fraction of sp³-hybridized carbons (Fsp3) is 0.300. The quantitative estimate of drug-likeness (QED) is 0.237. The first-order chi connectivity index (χ1) is 20.0. The molecule has 0 aliphatic carbocycles. The molecule has 0 radical (unpaired) electrons. The molecule has 4 rings (SSSR count). The van der Waals surface area contributed by atoms with Gasteiger partial charge < -0.3 is 25.0 Å². The van der Waals surface area contributed by atoms with Crippen LogP contribution in [0, 0.1) is 6.92 Å². The number of carbonyl (C=O) groups excluding carboxylic acids is 3. The average molecular weight is 588 g/mol. The van der Waals surface area contributed by atoms with Gasteiger partial charge in [0.15, 0.2) is 0 Å². The van der Waals surface area contributed by atoms with Gasteiger partial charge in [0.25, 0.3) is 6.36 Å². The van der Waals surface area contributed by atoms with Crippen molar-refractivity contribution >= 4 is 29.3 Å². The molecule has 0 aromatic heterocycles. The van der Waals surface area contributed by atoms with Gasteiger partial charge in [0.2, 0.25) is 5.91 Å². The first-order valence-corrected chi connectivity index (χ1v) is 13.1. The molecule has 0 spiro atoms. The highest BCUT2D eigenvalue weighted by Gasteiger charge is 2.36. The lowest BCUT2D eigenvalue weighted by atomic mass is 10.1. The molecule has 2 atom stereocenters. The summed E-state index contributed by atoms with van der Waals surface area (Å²) in [5.74, 6) is -0.620. The van der Waals surface area contributed by atoms with Crippen molar-refractivity contribution in [3.8, 4) is 5.75 Å². The molecular formula is C30H29F4N3O5. The molecular weight excluding hydrogens is 558 g/mol. The van der Waals surface area contributed by atoms with Crippen molar-refractivity contribution < 1.29 is 41.4 Å². The molecule has 1 saturated heterocycles. The summed E-state index contributed by atoms with van der Waals surface area (Å²) in [4.78, 5) is 38.6. The molecule has 3 aromatic rings. The summed E-state index contributed by atoms with van der Waals surface area (Å²) in [6.07, 6.45) is -5.41. The van der Waals surface area contributed by atoms with Crippen LogP contribution in [0.15, 0.2) is 66.7 Å². The number of aryl methyl sites for hydroxylation is 1. The number of hydrogen-bond acceptors (Lipinski definition) is 5. The molecule has 2 N–H and O–H groups in total. The van der Waals surface area contributed by atoms with Crippen molar-refractivity contribution in [1.82, 2.24) is 4.90 Å². The number of anilines is 2. The van der Waals surface area contributed by atoms with Crippen LogP contribution in [0.25, 0.3) is 0 Å². The molecule has 1 fully saturated rings. The molecule has 12 heteroatoms. The number of halogens is 4. The van der Waals surface area contributed by atoms with Crippen molar-refractivity contribution in [2.75, 3.05) is 24.3 Å². The number of hydrogen-bond donors (Lipinski definition) is 2. The van der Waals surface area contributed by atoms with Crippen molar-refractivity contribution in [2.45, 2.75) is 44.8 Å². The van der Waals surface area contributed by atoms with Gasteiger partial charge in [0.05, 0.1) is 36.4 Å². The van der Waals surface area contributed by atoms with Gasteiger partial charge in [0.1, 0.15) is 5.75 Å². The van der Waals surface area contributed by atoms with Crippen LogP contribution in [-0.2, 0) is 22.1 Å². The van der Waals surface area contributed by atoms with Crippen molar-refractivity contribution in [2.24, 2.45) is 0 Å². The maximum Gasteiger partial charge on any atom is 0.418 e. The monoisotopic (exact) mass is 587 g/mol. The minimum absolute atomic E-state index is 0.0245. The number of alkyl halides is 4. The van der Waals surface area contributed by atoms with Gasteiger partial charge in [-0.1, -0.05) is 24.3 Å². The molecule has 42 heavy (non-hydrogen) atoms. The minimum atomic E-state index is -4.63. The van der Waals surface area contributed by atoms with E-state index in [2.05, 4.69) is 15.4 Å². The Morgan fingerprint density at radius 1 is 1.00 bits per heavy atom. The number of urea groups is 1. The zero-order valence-electron chi connectivity index (χ0n) is 22.8. The average Bonchev–Trinajstić information content (AvgIpc) is 3.45. The predicted molar refractivity (Wildman–Crippen MR) is 147 cm³/mol. The number of amides is 3. The molecule has 3 amide bonds. The minimum Gasteiger partial charge on any atom is -0.465 e. The third-order valence-corrected chi connectivity index (χ3v) is 6.82. The van der Waals surface area contributed by atoms with Crippen LogP contribution in [0.2, 0.25) is 0 Å². The van der Waals surface area contributed by atoms with Gasteiger partial charge >= 0.3 is 18.2 Å². The van der Waals surface area contributed by atoms with Gasteiger partial charge in [-0.3, -0.25) is 4.79 Å². The summed E-state index contributed by atoms with van der Waals surface area (Å²) in [5, 5.41) is 4.75. The maximum atomic E-state index is 15.1. The smallest absolute Gasteiger partial charge is 0.418 e. The molecule has 0 bridgehead atoms. The zero-order valence-corrected chi connectivity index (χ0v) is 22.8. The Morgan fingerprint density at radius 3 is 2.36 bits per heavy atom. The Kier molecular flexibility index (Phi) is 9.34. The van der Waals surface area contributed by atoms with Gasteiger partial charge in [0, 0.05) is 12.2 Å². The van der Waals surface area contributed by atoms with E-state index < -0.39 is 36.1 Å². The Morgan fingerprint density at radius 2 is 1.69 bits per heavy atom. The summed E-state index contributed by atoms with van der Waals surface area (Å²) in [6, 6.07) is 13.7. The highest BCUT2D eigenvalue weighted by molar-refractivity contribution is 6.00. The third kappa shape index (κ3) is 7.36. The maximum absolute atomic E-state index is 15.1. The second-order valence-corrected chi connectivity index (χ2v) is 9.73. The summed E-state index contributed by atoms with van der Waals surface area (Å²) in [6.45, 7) is 2.05. The van der Waals surface area contributed by atoms with Crippen LogP contribution in [-0.4, -0.2) is 48.9 Å². The van der Waals surface area contributed by atoms with Crippen LogP contribution in [0.1, 0.15) is 39.9 Å². The van der Waals surface area contributed by atoms with E-state index in [4.69, 9.17) is 4.74 Å². The molecule has 1 unspecified atom stereocenters. The summed E-state index contributed by atoms with van der Waals surface area (Å²) >= 11 is 0. The molecule has 8 nitrogen and oxygen atoms in total. The number of nitrogens with zero attached hydrogens (tertiary/aromatic N) is 1. The van der Waals surface area contributed by atoms with Gasteiger partial charge in [-0.25, -0.2) is 9.59 Å². The van der Waals surface area contributed by atoms with E-state index in [1.807, 2.05) is 0 Å². The fourth-order valence-electron chi connectivity index (χ4n) is 4.74. The molecule has 1 aliphatic heterocycles. The van der Waals surface area contributed by atoms with Crippen LogP contribution in [0.3, 0.4) is 0 Å². The number of carbonyl (C=O) groups is 3. The first-order valence-electron chi connectivity index (χ1n) is 13.1. The van der Waals surface area contributed by atoms with E-state index in [1.165, 1.54) is 48.4 Å². The van der Waals surface area contributed by atoms with Crippen LogP contribution in [0.4, 0.5) is 33.7 Å². The lowest BCUT2D eigenvalue weighted by Crippen LogP contribution is -2.44. The number of para-hydroxylation sites is 1. The largest absolute Gasteiger partial charge is 0.465 e. The van der Waals surface area contributed by atoms with Gasteiger partial charge in [-0.05, 0) is 73.4 Å². The van der Waals surface area contributed by atoms with E-state index >= 15 is 4.39 Å². The third-order valence-electron chi connectivity index (χ3n) is 6.82. The molecule has 222 valence electrons. The molecule has 0 saturated carbocycles. The molecule has 1 aliphatic rings. The number of ether oxygens (including phenoxy) is 2. The van der Waals surface area contributed by atoms with Crippen LogP contribution < -0.4 is 15.4 Å². The van der Waals surface area contributed by atoms with Crippen molar-refractivity contribution in [3.05, 3.63) is 89.0 Å². The standard InChI is InChI=1S/C30H29F4N3O5/c1-18-16-19(9-14-23(18)35-29(40)36-24-7-4-3-6-22(24)30(32,33)34)17-26(38)37-15-5-8-25(37)27(31)42-21-12-10-20(11-13-21)28(39)41-2/h3-4,6-7,9-14,16,25,27H,5,8,15,17H2,1-2H3,(H2,35,36,40)/t25-,27?/m0/s1. The summed E-state index contributed by atoms with van der Waals surface area (Å²) in [7, 11) is 1.26. The number of nitrogens with one attached hydrogen (secondary N) is 2. The lowest BCUT2D eigenvalue weighted by molar-refractivity contribution is -0.137. The van der Waals surface area contributed by atoms with E-state index in [1.54, 1.807) is 25.1 Å². The SMILES string of the molecule is COC(=O)c1ccc(OC(F)[C@@H]2CCCN2C(=O)Cc2ccc(NC(=O)Nc3ccccc3C(F)(F)F)c(C)c2)cc1. The van der Waals surface area contributed by atoms with Crippen molar-refractivity contribution in [1.29, 1.82) is 0 Å². The number of likely N-dealkylation sites (tertiary alicyclic amines) is 1. The van der Waals surface area contributed by atoms with Gasteiger partial charge in [-0.15, -0.1) is 0 Å². The normalized spacial score (nSPS) is 15.6. The van der Waals surface area contributed by atoms with Crippen LogP contribution >= 0.6 is 0 Å². The Hall–Kier alpha value is -4.61. The molecule has 3 aromatic carbocycles. The number of methoxy groups -OCH3 is 1. The Bertz CT molecular complexity index is 1450. The highest BCUT2D eigenvalue weighted by Crippen LogP contribution is 2.34.